The third-order valence-corrected chi connectivity index (χ3v) is 4.86. The van der Waals surface area contributed by atoms with Crippen molar-refractivity contribution < 1.29 is 9.13 Å². The second-order valence-electron chi connectivity index (χ2n) is 5.33. The maximum Gasteiger partial charge on any atom is 0.191 e. The highest BCUT2D eigenvalue weighted by molar-refractivity contribution is 8.00. The Morgan fingerprint density at radius 3 is 2.95 bits per heavy atom. The number of ether oxygens (including phenoxy) is 1. The second kappa shape index (κ2) is 8.88. The molecule has 1 fully saturated rings. The van der Waals surface area contributed by atoms with Crippen LogP contribution in [-0.4, -0.2) is 43.2 Å². The maximum absolute atomic E-state index is 13.5. The quantitative estimate of drug-likeness (QED) is 0.623. The molecule has 0 aromatic heterocycles. The summed E-state index contributed by atoms with van der Waals surface area (Å²) in [6.07, 6.45) is 2.41. The lowest BCUT2D eigenvalue weighted by atomic mass is 10.2. The Hall–Kier alpha value is -1.43. The van der Waals surface area contributed by atoms with Crippen molar-refractivity contribution >= 4 is 17.7 Å². The van der Waals surface area contributed by atoms with Crippen LogP contribution in [0.3, 0.4) is 0 Å². The van der Waals surface area contributed by atoms with Crippen LogP contribution in [0.15, 0.2) is 29.3 Å². The Balaban J connectivity index is 1.71. The van der Waals surface area contributed by atoms with E-state index in [0.29, 0.717) is 11.8 Å². The van der Waals surface area contributed by atoms with Crippen LogP contribution in [0, 0.1) is 5.82 Å². The molecule has 1 aliphatic heterocycles. The highest BCUT2D eigenvalue weighted by atomic mass is 32.2. The fourth-order valence-electron chi connectivity index (χ4n) is 2.28. The minimum absolute atomic E-state index is 0.156. The van der Waals surface area contributed by atoms with E-state index >= 15 is 0 Å². The van der Waals surface area contributed by atoms with Crippen molar-refractivity contribution in [3.8, 4) is 5.75 Å². The molecule has 2 unspecified atom stereocenters. The molecule has 0 saturated carbocycles. The highest BCUT2D eigenvalue weighted by Crippen LogP contribution is 2.25. The summed E-state index contributed by atoms with van der Waals surface area (Å²) in [5.41, 5.74) is 0. The average molecular weight is 325 g/mol. The van der Waals surface area contributed by atoms with Crippen LogP contribution in [0.1, 0.15) is 19.8 Å². The Kier molecular flexibility index (Phi) is 6.83. The zero-order valence-corrected chi connectivity index (χ0v) is 14.0. The first-order valence-corrected chi connectivity index (χ1v) is 8.71. The number of hydrogen-bond donors (Lipinski definition) is 2. The lowest BCUT2D eigenvalue weighted by Crippen LogP contribution is -2.43. The molecule has 1 aromatic carbocycles. The molecule has 2 atom stereocenters. The smallest absolute Gasteiger partial charge is 0.191 e. The SMILES string of the molecule is CN=C(NCC(C)Oc1ccccc1F)NCC1CCCS1. The van der Waals surface area contributed by atoms with E-state index in [1.807, 2.05) is 18.7 Å². The number of rotatable bonds is 6. The van der Waals surface area contributed by atoms with Crippen molar-refractivity contribution in [1.29, 1.82) is 0 Å². The van der Waals surface area contributed by atoms with E-state index in [9.17, 15) is 4.39 Å². The minimum Gasteiger partial charge on any atom is -0.486 e. The molecule has 1 saturated heterocycles. The van der Waals surface area contributed by atoms with Gasteiger partial charge in [0.1, 0.15) is 6.10 Å². The minimum atomic E-state index is -0.338. The van der Waals surface area contributed by atoms with Gasteiger partial charge in [0.05, 0.1) is 6.54 Å². The number of aliphatic imine (C=N–C) groups is 1. The van der Waals surface area contributed by atoms with Crippen LogP contribution >= 0.6 is 11.8 Å². The van der Waals surface area contributed by atoms with Crippen LogP contribution in [0.5, 0.6) is 5.75 Å². The van der Waals surface area contributed by atoms with Crippen molar-refractivity contribution in [1.82, 2.24) is 10.6 Å². The normalized spacial score (nSPS) is 19.8. The van der Waals surface area contributed by atoms with Crippen LogP contribution in [0.4, 0.5) is 4.39 Å². The summed E-state index contributed by atoms with van der Waals surface area (Å²) in [5, 5.41) is 7.22. The molecule has 1 aromatic rings. The van der Waals surface area contributed by atoms with Gasteiger partial charge in [-0.05, 0) is 37.7 Å². The third-order valence-electron chi connectivity index (χ3n) is 3.47. The van der Waals surface area contributed by atoms with Crippen molar-refractivity contribution in [2.75, 3.05) is 25.9 Å². The fourth-order valence-corrected chi connectivity index (χ4v) is 3.48. The number of nitrogens with zero attached hydrogens (tertiary/aromatic N) is 1. The summed E-state index contributed by atoms with van der Waals surface area (Å²) in [6, 6.07) is 6.45. The van der Waals surface area contributed by atoms with Gasteiger partial charge in [0.15, 0.2) is 17.5 Å². The topological polar surface area (TPSA) is 45.7 Å². The molecule has 0 spiro atoms. The molecular weight excluding hydrogens is 301 g/mol. The lowest BCUT2D eigenvalue weighted by molar-refractivity contribution is 0.214. The van der Waals surface area contributed by atoms with Gasteiger partial charge in [0.2, 0.25) is 0 Å². The monoisotopic (exact) mass is 325 g/mol. The lowest BCUT2D eigenvalue weighted by Gasteiger charge is -2.19. The summed E-state index contributed by atoms with van der Waals surface area (Å²) in [4.78, 5) is 4.20. The zero-order chi connectivity index (χ0) is 15.8. The van der Waals surface area contributed by atoms with E-state index in [2.05, 4.69) is 15.6 Å². The molecule has 0 amide bonds. The predicted molar refractivity (Wildman–Crippen MR) is 91.3 cm³/mol. The number of thioether (sulfide) groups is 1. The highest BCUT2D eigenvalue weighted by Gasteiger charge is 2.16. The summed E-state index contributed by atoms with van der Waals surface area (Å²) in [5.74, 6) is 1.96. The standard InChI is InChI=1S/C16H24FN3OS/c1-12(21-15-8-4-3-7-14(15)17)10-19-16(18-2)20-11-13-6-5-9-22-13/h3-4,7-8,12-13H,5-6,9-11H2,1-2H3,(H2,18,19,20). The first-order valence-electron chi connectivity index (χ1n) is 7.66. The van der Waals surface area contributed by atoms with Crippen molar-refractivity contribution in [3.63, 3.8) is 0 Å². The Labute approximate surface area is 135 Å². The number of benzene rings is 1. The summed E-state index contributed by atoms with van der Waals surface area (Å²) in [6.45, 7) is 3.39. The molecule has 2 N–H and O–H groups in total. The van der Waals surface area contributed by atoms with Gasteiger partial charge in [-0.15, -0.1) is 0 Å². The first kappa shape index (κ1) is 16.9. The number of para-hydroxylation sites is 1. The van der Waals surface area contributed by atoms with E-state index in [4.69, 9.17) is 4.74 Å². The molecule has 1 heterocycles. The van der Waals surface area contributed by atoms with Gasteiger partial charge in [-0.1, -0.05) is 12.1 Å². The van der Waals surface area contributed by atoms with E-state index in [1.165, 1.54) is 24.7 Å². The van der Waals surface area contributed by atoms with E-state index in [1.54, 1.807) is 25.2 Å². The number of nitrogens with one attached hydrogen (secondary N) is 2. The van der Waals surface area contributed by atoms with Gasteiger partial charge < -0.3 is 15.4 Å². The molecule has 1 aliphatic rings. The Bertz CT molecular complexity index is 492. The van der Waals surface area contributed by atoms with Crippen molar-refractivity contribution in [2.24, 2.45) is 4.99 Å². The summed E-state index contributed by atoms with van der Waals surface area (Å²) < 4.78 is 19.1. The largest absolute Gasteiger partial charge is 0.486 e. The molecule has 6 heteroatoms. The van der Waals surface area contributed by atoms with Gasteiger partial charge in [-0.2, -0.15) is 11.8 Å². The Morgan fingerprint density at radius 1 is 1.45 bits per heavy atom. The number of hydrogen-bond acceptors (Lipinski definition) is 3. The van der Waals surface area contributed by atoms with Crippen LogP contribution in [-0.2, 0) is 0 Å². The van der Waals surface area contributed by atoms with Gasteiger partial charge >= 0.3 is 0 Å². The molecule has 0 radical (unpaired) electrons. The summed E-state index contributed by atoms with van der Waals surface area (Å²) in [7, 11) is 1.75. The molecule has 2 rings (SSSR count). The molecule has 0 bridgehead atoms. The predicted octanol–water partition coefficient (Wildman–Crippen LogP) is 2.65. The van der Waals surface area contributed by atoms with E-state index < -0.39 is 0 Å². The number of halogens is 1. The Morgan fingerprint density at radius 2 is 2.27 bits per heavy atom. The van der Waals surface area contributed by atoms with Crippen molar-refractivity contribution in [3.05, 3.63) is 30.1 Å². The second-order valence-corrected chi connectivity index (χ2v) is 6.74. The molecule has 0 aliphatic carbocycles. The molecule has 4 nitrogen and oxygen atoms in total. The van der Waals surface area contributed by atoms with Crippen LogP contribution in [0.25, 0.3) is 0 Å². The van der Waals surface area contributed by atoms with Crippen LogP contribution < -0.4 is 15.4 Å². The van der Waals surface area contributed by atoms with E-state index in [0.717, 1.165) is 12.5 Å². The van der Waals surface area contributed by atoms with E-state index in [-0.39, 0.29) is 17.7 Å². The van der Waals surface area contributed by atoms with Gasteiger partial charge in [0, 0.05) is 18.8 Å². The van der Waals surface area contributed by atoms with Crippen molar-refractivity contribution in [2.45, 2.75) is 31.1 Å². The molecule has 122 valence electrons. The first-order chi connectivity index (χ1) is 10.7. The van der Waals surface area contributed by atoms with Crippen LogP contribution in [0.2, 0.25) is 0 Å². The molecular formula is C16H24FN3OS. The average Bonchev–Trinajstić information content (AvgIpc) is 3.03. The van der Waals surface area contributed by atoms with Gasteiger partial charge in [-0.25, -0.2) is 4.39 Å². The fraction of sp³-hybridized carbons (Fsp3) is 0.562. The van der Waals surface area contributed by atoms with Gasteiger partial charge in [0.25, 0.3) is 0 Å². The zero-order valence-electron chi connectivity index (χ0n) is 13.1. The third kappa shape index (κ3) is 5.40. The van der Waals surface area contributed by atoms with Gasteiger partial charge in [-0.3, -0.25) is 4.99 Å². The maximum atomic E-state index is 13.5. The molecule has 22 heavy (non-hydrogen) atoms. The number of guanidine groups is 1. The summed E-state index contributed by atoms with van der Waals surface area (Å²) >= 11 is 2.01.